The van der Waals surface area contributed by atoms with Gasteiger partial charge in [-0.25, -0.2) is 0 Å². The second-order valence-electron chi connectivity index (χ2n) is 6.08. The molecule has 0 saturated carbocycles. The molecule has 2 amide bonds. The lowest BCUT2D eigenvalue weighted by molar-refractivity contribution is -0.130. The van der Waals surface area contributed by atoms with E-state index >= 15 is 0 Å². The van der Waals surface area contributed by atoms with Crippen LogP contribution in [0.5, 0.6) is 5.75 Å². The average molecular weight is 338 g/mol. The van der Waals surface area contributed by atoms with Gasteiger partial charge >= 0.3 is 0 Å². The number of benzene rings is 2. The molecule has 1 aliphatic rings. The highest BCUT2D eigenvalue weighted by Gasteiger charge is 2.23. The smallest absolute Gasteiger partial charge is 0.253 e. The number of ether oxygens (including phenoxy) is 1. The molecule has 5 nitrogen and oxygen atoms in total. The third-order valence-electron chi connectivity index (χ3n) is 4.54. The summed E-state index contributed by atoms with van der Waals surface area (Å²) >= 11 is 0. The highest BCUT2D eigenvalue weighted by atomic mass is 16.5. The van der Waals surface area contributed by atoms with E-state index in [9.17, 15) is 9.59 Å². The zero-order valence-electron chi connectivity index (χ0n) is 14.6. The van der Waals surface area contributed by atoms with Crippen LogP contribution in [0.2, 0.25) is 0 Å². The Bertz CT molecular complexity index is 780. The van der Waals surface area contributed by atoms with Crippen molar-refractivity contribution < 1.29 is 14.3 Å². The first kappa shape index (κ1) is 17.0. The quantitative estimate of drug-likeness (QED) is 0.864. The van der Waals surface area contributed by atoms with E-state index in [-0.39, 0.29) is 11.8 Å². The largest absolute Gasteiger partial charge is 0.496 e. The first-order valence-corrected chi connectivity index (χ1v) is 8.38. The van der Waals surface area contributed by atoms with Gasteiger partial charge in [-0.15, -0.1) is 0 Å². The number of piperazine rings is 1. The first-order valence-electron chi connectivity index (χ1n) is 8.38. The summed E-state index contributed by atoms with van der Waals surface area (Å²) in [7, 11) is 1.64. The van der Waals surface area contributed by atoms with Crippen molar-refractivity contribution in [3.63, 3.8) is 0 Å². The van der Waals surface area contributed by atoms with Crippen LogP contribution in [0.25, 0.3) is 11.1 Å². The minimum Gasteiger partial charge on any atom is -0.496 e. The molecule has 2 aromatic carbocycles. The number of rotatable bonds is 3. The zero-order chi connectivity index (χ0) is 17.8. The van der Waals surface area contributed by atoms with E-state index in [2.05, 4.69) is 0 Å². The summed E-state index contributed by atoms with van der Waals surface area (Å²) in [6, 6.07) is 15.4. The van der Waals surface area contributed by atoms with Crippen molar-refractivity contribution in [1.29, 1.82) is 0 Å². The summed E-state index contributed by atoms with van der Waals surface area (Å²) in [4.78, 5) is 27.8. The fraction of sp³-hybridized carbons (Fsp3) is 0.300. The fourth-order valence-electron chi connectivity index (χ4n) is 3.11. The molecule has 0 N–H and O–H groups in total. The van der Waals surface area contributed by atoms with Gasteiger partial charge < -0.3 is 14.5 Å². The van der Waals surface area contributed by atoms with Crippen LogP contribution in [0.15, 0.2) is 48.5 Å². The predicted octanol–water partition coefficient (Wildman–Crippen LogP) is 2.67. The number of methoxy groups -OCH3 is 1. The van der Waals surface area contributed by atoms with E-state index in [1.54, 1.807) is 23.8 Å². The van der Waals surface area contributed by atoms with Gasteiger partial charge in [0.25, 0.3) is 5.91 Å². The molecule has 0 bridgehead atoms. The molecule has 5 heteroatoms. The number of carbonyl (C=O) groups excluding carboxylic acids is 2. The molecule has 1 heterocycles. The van der Waals surface area contributed by atoms with Crippen LogP contribution in [0, 0.1) is 0 Å². The van der Waals surface area contributed by atoms with Gasteiger partial charge in [0.15, 0.2) is 0 Å². The molecule has 0 radical (unpaired) electrons. The maximum absolute atomic E-state index is 12.8. The van der Waals surface area contributed by atoms with Gasteiger partial charge in [0.05, 0.1) is 7.11 Å². The Morgan fingerprint density at radius 3 is 2.28 bits per heavy atom. The van der Waals surface area contributed by atoms with Crippen LogP contribution in [-0.2, 0) is 4.79 Å². The lowest BCUT2D eigenvalue weighted by atomic mass is 10.0. The van der Waals surface area contributed by atoms with Crippen molar-refractivity contribution in [2.24, 2.45) is 0 Å². The highest BCUT2D eigenvalue weighted by molar-refractivity contribution is 5.96. The predicted molar refractivity (Wildman–Crippen MR) is 96.6 cm³/mol. The van der Waals surface area contributed by atoms with Gasteiger partial charge in [0.1, 0.15) is 5.75 Å². The Balaban J connectivity index is 1.80. The standard InChI is InChI=1S/C20H22N2O3/c1-15(23)21-10-12-22(13-11-21)20(24)17-7-5-6-16(14-17)18-8-3-4-9-19(18)25-2/h3-9,14H,10-13H2,1-2H3. The molecular formula is C20H22N2O3. The Morgan fingerprint density at radius 1 is 0.920 bits per heavy atom. The Hall–Kier alpha value is -2.82. The molecule has 0 aromatic heterocycles. The lowest BCUT2D eigenvalue weighted by Gasteiger charge is -2.34. The minimum atomic E-state index is -0.0000463. The Labute approximate surface area is 147 Å². The van der Waals surface area contributed by atoms with Crippen LogP contribution in [-0.4, -0.2) is 54.9 Å². The number of nitrogens with zero attached hydrogens (tertiary/aromatic N) is 2. The van der Waals surface area contributed by atoms with Gasteiger partial charge in [0, 0.05) is 44.2 Å². The van der Waals surface area contributed by atoms with Crippen LogP contribution in [0.3, 0.4) is 0 Å². The molecule has 1 aliphatic heterocycles. The highest BCUT2D eigenvalue weighted by Crippen LogP contribution is 2.30. The van der Waals surface area contributed by atoms with Crippen molar-refractivity contribution in [3.05, 3.63) is 54.1 Å². The van der Waals surface area contributed by atoms with E-state index in [0.29, 0.717) is 31.7 Å². The third-order valence-corrected chi connectivity index (χ3v) is 4.54. The van der Waals surface area contributed by atoms with E-state index in [0.717, 1.165) is 16.9 Å². The first-order chi connectivity index (χ1) is 12.1. The lowest BCUT2D eigenvalue weighted by Crippen LogP contribution is -2.50. The maximum Gasteiger partial charge on any atom is 0.253 e. The van der Waals surface area contributed by atoms with Gasteiger partial charge in [-0.2, -0.15) is 0 Å². The number of hydrogen-bond donors (Lipinski definition) is 0. The zero-order valence-corrected chi connectivity index (χ0v) is 14.6. The van der Waals surface area contributed by atoms with Gasteiger partial charge in [-0.05, 0) is 23.8 Å². The molecule has 1 fully saturated rings. The molecular weight excluding hydrogens is 316 g/mol. The maximum atomic E-state index is 12.8. The summed E-state index contributed by atoms with van der Waals surface area (Å²) in [5.41, 5.74) is 2.56. The van der Waals surface area contributed by atoms with E-state index in [4.69, 9.17) is 4.74 Å². The molecule has 0 atom stereocenters. The molecule has 25 heavy (non-hydrogen) atoms. The van der Waals surface area contributed by atoms with Gasteiger partial charge in [0.2, 0.25) is 5.91 Å². The molecule has 0 aliphatic carbocycles. The summed E-state index contributed by atoms with van der Waals surface area (Å²) < 4.78 is 5.42. The van der Waals surface area contributed by atoms with Gasteiger partial charge in [-0.3, -0.25) is 9.59 Å². The number of hydrogen-bond acceptors (Lipinski definition) is 3. The topological polar surface area (TPSA) is 49.9 Å². The molecule has 1 saturated heterocycles. The van der Waals surface area contributed by atoms with Crippen LogP contribution in [0.1, 0.15) is 17.3 Å². The second kappa shape index (κ2) is 7.38. The van der Waals surface area contributed by atoms with Crippen molar-refractivity contribution in [3.8, 4) is 16.9 Å². The van der Waals surface area contributed by atoms with Crippen LogP contribution in [0.4, 0.5) is 0 Å². The summed E-state index contributed by atoms with van der Waals surface area (Å²) in [5.74, 6) is 0.840. The number of amides is 2. The second-order valence-corrected chi connectivity index (χ2v) is 6.08. The summed E-state index contributed by atoms with van der Waals surface area (Å²) in [6.45, 7) is 3.88. The molecule has 0 unspecified atom stereocenters. The fourth-order valence-corrected chi connectivity index (χ4v) is 3.11. The minimum absolute atomic E-state index is 0.0000463. The van der Waals surface area contributed by atoms with Crippen molar-refractivity contribution in [1.82, 2.24) is 9.80 Å². The molecule has 3 rings (SSSR count). The Kier molecular flexibility index (Phi) is 5.03. The van der Waals surface area contributed by atoms with E-state index in [1.807, 2.05) is 48.5 Å². The molecule has 2 aromatic rings. The molecule has 0 spiro atoms. The number of carbonyl (C=O) groups is 2. The third kappa shape index (κ3) is 3.65. The van der Waals surface area contributed by atoms with Crippen LogP contribution < -0.4 is 4.74 Å². The van der Waals surface area contributed by atoms with Gasteiger partial charge in [-0.1, -0.05) is 30.3 Å². The SMILES string of the molecule is COc1ccccc1-c1cccc(C(=O)N2CCN(C(C)=O)CC2)c1. The van der Waals surface area contributed by atoms with E-state index < -0.39 is 0 Å². The van der Waals surface area contributed by atoms with Crippen LogP contribution >= 0.6 is 0 Å². The van der Waals surface area contributed by atoms with Crippen molar-refractivity contribution >= 4 is 11.8 Å². The van der Waals surface area contributed by atoms with E-state index in [1.165, 1.54) is 0 Å². The summed E-state index contributed by atoms with van der Waals surface area (Å²) in [6.07, 6.45) is 0. The normalized spacial score (nSPS) is 14.3. The van der Waals surface area contributed by atoms with Crippen molar-refractivity contribution in [2.75, 3.05) is 33.3 Å². The number of para-hydroxylation sites is 1. The van der Waals surface area contributed by atoms with Crippen molar-refractivity contribution in [2.45, 2.75) is 6.92 Å². The molecule has 130 valence electrons. The Morgan fingerprint density at radius 2 is 1.60 bits per heavy atom. The summed E-state index contributed by atoms with van der Waals surface area (Å²) in [5, 5.41) is 0. The monoisotopic (exact) mass is 338 g/mol. The average Bonchev–Trinajstić information content (AvgIpc) is 2.67.